The Morgan fingerprint density at radius 1 is 1.24 bits per heavy atom. The zero-order chi connectivity index (χ0) is 18.0. The molecule has 6 nitrogen and oxygen atoms in total. The Bertz CT molecular complexity index is 708. The molecule has 0 bridgehead atoms. The fourth-order valence-corrected chi connectivity index (χ4v) is 6.55. The molecule has 3 rings (SSSR count). The number of hydrogen-bond acceptors (Lipinski definition) is 5. The van der Waals surface area contributed by atoms with E-state index in [1.54, 1.807) is 6.07 Å². The maximum Gasteiger partial charge on any atom is 0.252 e. The number of carbonyl (C=O) groups is 1. The van der Waals surface area contributed by atoms with E-state index in [2.05, 4.69) is 5.32 Å². The highest BCUT2D eigenvalue weighted by atomic mass is 32.2. The Kier molecular flexibility index (Phi) is 5.82. The van der Waals surface area contributed by atoms with Crippen LogP contribution in [-0.2, 0) is 14.8 Å². The second kappa shape index (κ2) is 7.73. The van der Waals surface area contributed by atoms with E-state index in [0.717, 1.165) is 24.1 Å². The van der Waals surface area contributed by atoms with E-state index in [-0.39, 0.29) is 30.5 Å². The molecular formula is C17H26N2O4S2. The van der Waals surface area contributed by atoms with Gasteiger partial charge in [-0.2, -0.15) is 4.31 Å². The van der Waals surface area contributed by atoms with E-state index in [4.69, 9.17) is 0 Å². The summed E-state index contributed by atoms with van der Waals surface area (Å²) >= 11 is 1.27. The molecule has 0 radical (unpaired) electrons. The number of aliphatic hydroxyl groups excluding tert-OH is 1. The number of rotatable bonds is 4. The number of nitrogens with zero attached hydrogens (tertiary/aromatic N) is 1. The van der Waals surface area contributed by atoms with Gasteiger partial charge in [0.25, 0.3) is 10.0 Å². The summed E-state index contributed by atoms with van der Waals surface area (Å²) in [6.07, 6.45) is 4.17. The molecule has 1 aromatic heterocycles. The van der Waals surface area contributed by atoms with Crippen molar-refractivity contribution in [1.29, 1.82) is 0 Å². The van der Waals surface area contributed by atoms with Gasteiger partial charge in [-0.05, 0) is 57.6 Å². The van der Waals surface area contributed by atoms with Crippen LogP contribution in [0.15, 0.2) is 16.3 Å². The van der Waals surface area contributed by atoms with E-state index in [0.29, 0.717) is 30.0 Å². The van der Waals surface area contributed by atoms with E-state index < -0.39 is 10.0 Å². The highest BCUT2D eigenvalue weighted by Crippen LogP contribution is 2.28. The SMILES string of the molecule is Cc1ccc(S(=O)(=O)N2CCCC(C(=O)NC3CCC(O)CC3)C2)s1. The minimum absolute atomic E-state index is 0.0522. The van der Waals surface area contributed by atoms with Gasteiger partial charge in [0.05, 0.1) is 12.0 Å². The first-order valence-corrected chi connectivity index (χ1v) is 11.2. The van der Waals surface area contributed by atoms with Crippen LogP contribution in [0.3, 0.4) is 0 Å². The molecule has 2 N–H and O–H groups in total. The lowest BCUT2D eigenvalue weighted by atomic mass is 9.92. The van der Waals surface area contributed by atoms with Gasteiger partial charge in [-0.25, -0.2) is 8.42 Å². The molecule has 8 heteroatoms. The lowest BCUT2D eigenvalue weighted by Gasteiger charge is -2.33. The van der Waals surface area contributed by atoms with Gasteiger partial charge in [0.15, 0.2) is 0 Å². The van der Waals surface area contributed by atoms with Gasteiger partial charge in [0.1, 0.15) is 4.21 Å². The van der Waals surface area contributed by atoms with Crippen LogP contribution in [0.25, 0.3) is 0 Å². The molecule has 2 heterocycles. The molecule has 25 heavy (non-hydrogen) atoms. The third kappa shape index (κ3) is 4.42. The van der Waals surface area contributed by atoms with Gasteiger partial charge >= 0.3 is 0 Å². The van der Waals surface area contributed by atoms with Crippen molar-refractivity contribution >= 4 is 27.3 Å². The summed E-state index contributed by atoms with van der Waals surface area (Å²) in [5, 5.41) is 12.6. The number of hydrogen-bond donors (Lipinski definition) is 2. The molecule has 1 amide bonds. The molecular weight excluding hydrogens is 360 g/mol. The molecule has 1 saturated carbocycles. The maximum atomic E-state index is 12.8. The largest absolute Gasteiger partial charge is 0.393 e. The van der Waals surface area contributed by atoms with Crippen molar-refractivity contribution in [3.8, 4) is 0 Å². The number of piperidine rings is 1. The average Bonchev–Trinajstić information content (AvgIpc) is 3.04. The van der Waals surface area contributed by atoms with Crippen LogP contribution in [0, 0.1) is 12.8 Å². The molecule has 2 aliphatic rings. The maximum absolute atomic E-state index is 12.8. The van der Waals surface area contributed by atoms with Gasteiger partial charge in [0.2, 0.25) is 5.91 Å². The molecule has 1 atom stereocenters. The quantitative estimate of drug-likeness (QED) is 0.827. The smallest absolute Gasteiger partial charge is 0.252 e. The summed E-state index contributed by atoms with van der Waals surface area (Å²) in [5.41, 5.74) is 0. The van der Waals surface area contributed by atoms with Gasteiger partial charge in [0, 0.05) is 24.0 Å². The lowest BCUT2D eigenvalue weighted by Crippen LogP contribution is -2.48. The third-order valence-corrected chi connectivity index (χ3v) is 8.44. The zero-order valence-electron chi connectivity index (χ0n) is 14.5. The van der Waals surface area contributed by atoms with Crippen LogP contribution in [0.5, 0.6) is 0 Å². The minimum atomic E-state index is -3.51. The molecule has 0 aromatic carbocycles. The first kappa shape index (κ1) is 18.8. The molecule has 140 valence electrons. The first-order chi connectivity index (χ1) is 11.9. The van der Waals surface area contributed by atoms with E-state index in [9.17, 15) is 18.3 Å². The van der Waals surface area contributed by atoms with Crippen LogP contribution >= 0.6 is 11.3 Å². The highest BCUT2D eigenvalue weighted by molar-refractivity contribution is 7.91. The van der Waals surface area contributed by atoms with E-state index in [1.165, 1.54) is 15.6 Å². The van der Waals surface area contributed by atoms with Gasteiger partial charge in [-0.1, -0.05) is 0 Å². The van der Waals surface area contributed by atoms with Crippen LogP contribution < -0.4 is 5.32 Å². The predicted octanol–water partition coefficient (Wildman–Crippen LogP) is 1.88. The molecule has 1 aliphatic heterocycles. The normalized spacial score (nSPS) is 28.6. The first-order valence-electron chi connectivity index (χ1n) is 8.91. The fourth-order valence-electron chi connectivity index (χ4n) is 3.59. The van der Waals surface area contributed by atoms with Crippen LogP contribution in [-0.4, -0.2) is 49.0 Å². The summed E-state index contributed by atoms with van der Waals surface area (Å²) < 4.78 is 27.4. The molecule has 1 saturated heterocycles. The third-order valence-electron chi connectivity index (χ3n) is 5.11. The Hall–Kier alpha value is -0.960. The number of sulfonamides is 1. The Morgan fingerprint density at radius 2 is 1.96 bits per heavy atom. The second-order valence-corrected chi connectivity index (χ2v) is 10.5. The van der Waals surface area contributed by atoms with Crippen LogP contribution in [0.4, 0.5) is 0 Å². The fraction of sp³-hybridized carbons (Fsp3) is 0.706. The van der Waals surface area contributed by atoms with Gasteiger partial charge in [-0.15, -0.1) is 11.3 Å². The number of aryl methyl sites for hydroxylation is 1. The number of carbonyl (C=O) groups excluding carboxylic acids is 1. The summed E-state index contributed by atoms with van der Waals surface area (Å²) in [5.74, 6) is -0.347. The summed E-state index contributed by atoms with van der Waals surface area (Å²) in [6, 6.07) is 3.55. The monoisotopic (exact) mass is 386 g/mol. The topological polar surface area (TPSA) is 86.7 Å². The Labute approximate surface area is 153 Å². The summed E-state index contributed by atoms with van der Waals surface area (Å²) in [7, 11) is -3.51. The van der Waals surface area contributed by atoms with Gasteiger partial charge in [-0.3, -0.25) is 4.79 Å². The van der Waals surface area contributed by atoms with Crippen molar-refractivity contribution < 1.29 is 18.3 Å². The average molecular weight is 387 g/mol. The Morgan fingerprint density at radius 3 is 2.60 bits per heavy atom. The van der Waals surface area contributed by atoms with Crippen molar-refractivity contribution in [2.45, 2.75) is 61.8 Å². The molecule has 2 fully saturated rings. The molecule has 0 spiro atoms. The number of nitrogens with one attached hydrogen (secondary N) is 1. The molecule has 1 aliphatic carbocycles. The summed E-state index contributed by atoms with van der Waals surface area (Å²) in [4.78, 5) is 13.5. The van der Waals surface area contributed by atoms with Crippen molar-refractivity contribution in [2.24, 2.45) is 5.92 Å². The molecule has 1 unspecified atom stereocenters. The van der Waals surface area contributed by atoms with Crippen molar-refractivity contribution in [1.82, 2.24) is 9.62 Å². The molecule has 1 aromatic rings. The van der Waals surface area contributed by atoms with E-state index in [1.807, 2.05) is 13.0 Å². The van der Waals surface area contributed by atoms with E-state index >= 15 is 0 Å². The van der Waals surface area contributed by atoms with Crippen molar-refractivity contribution in [3.63, 3.8) is 0 Å². The van der Waals surface area contributed by atoms with Crippen LogP contribution in [0.2, 0.25) is 0 Å². The number of thiophene rings is 1. The van der Waals surface area contributed by atoms with Crippen molar-refractivity contribution in [3.05, 3.63) is 17.0 Å². The second-order valence-electron chi connectivity index (χ2n) is 7.08. The summed E-state index contributed by atoms with van der Waals surface area (Å²) in [6.45, 7) is 2.61. The predicted molar refractivity (Wildman–Crippen MR) is 96.9 cm³/mol. The zero-order valence-corrected chi connectivity index (χ0v) is 16.1. The van der Waals surface area contributed by atoms with Gasteiger partial charge < -0.3 is 10.4 Å². The number of aliphatic hydroxyl groups is 1. The Balaban J connectivity index is 1.61. The van der Waals surface area contributed by atoms with Crippen molar-refractivity contribution in [2.75, 3.05) is 13.1 Å². The van der Waals surface area contributed by atoms with Crippen LogP contribution in [0.1, 0.15) is 43.4 Å². The number of amides is 1. The highest BCUT2D eigenvalue weighted by Gasteiger charge is 2.34. The minimum Gasteiger partial charge on any atom is -0.393 e. The lowest BCUT2D eigenvalue weighted by molar-refractivity contribution is -0.127. The standard InChI is InChI=1S/C17H26N2O4S2/c1-12-4-9-16(24-12)25(22,23)19-10-2-3-13(11-19)17(21)18-14-5-7-15(20)8-6-14/h4,9,13-15,20H,2-3,5-8,10-11H2,1H3,(H,18,21).